The first kappa shape index (κ1) is 11.7. The first-order valence-corrected chi connectivity index (χ1v) is 7.42. The Morgan fingerprint density at radius 1 is 1.06 bits per heavy atom. The van der Waals surface area contributed by atoms with Crippen LogP contribution in [0.25, 0.3) is 10.6 Å². The standard InChI is InChI=1S/C15H18N2S/c1-12-5-7-13(8-6-12)15-16-11-14(18-15)17-9-3-2-4-10-17/h5-8,11H,2-4,9-10H2,1H3. The molecule has 2 heterocycles. The number of hydrogen-bond donors (Lipinski definition) is 0. The molecule has 0 saturated carbocycles. The van der Waals surface area contributed by atoms with Gasteiger partial charge < -0.3 is 4.90 Å². The average Bonchev–Trinajstić information content (AvgIpc) is 2.90. The lowest BCUT2D eigenvalue weighted by atomic mass is 10.1. The number of benzene rings is 1. The van der Waals surface area contributed by atoms with Crippen LogP contribution in [0.1, 0.15) is 24.8 Å². The van der Waals surface area contributed by atoms with Crippen LogP contribution in [0.3, 0.4) is 0 Å². The number of aryl methyl sites for hydroxylation is 1. The summed E-state index contributed by atoms with van der Waals surface area (Å²) >= 11 is 1.81. The van der Waals surface area contributed by atoms with Gasteiger partial charge >= 0.3 is 0 Å². The highest BCUT2D eigenvalue weighted by Gasteiger charge is 2.14. The number of hydrogen-bond acceptors (Lipinski definition) is 3. The fourth-order valence-electron chi connectivity index (χ4n) is 2.36. The van der Waals surface area contributed by atoms with Crippen molar-refractivity contribution in [2.75, 3.05) is 18.0 Å². The van der Waals surface area contributed by atoms with E-state index in [0.29, 0.717) is 0 Å². The second-order valence-corrected chi connectivity index (χ2v) is 5.93. The molecule has 1 aromatic carbocycles. The lowest BCUT2D eigenvalue weighted by molar-refractivity contribution is 0.580. The maximum atomic E-state index is 4.57. The van der Waals surface area contributed by atoms with Gasteiger partial charge in [-0.3, -0.25) is 0 Å². The van der Waals surface area contributed by atoms with Crippen LogP contribution in [0.4, 0.5) is 5.00 Å². The van der Waals surface area contributed by atoms with Crippen LogP contribution in [-0.2, 0) is 0 Å². The molecule has 0 unspecified atom stereocenters. The third kappa shape index (κ3) is 2.41. The number of aromatic nitrogens is 1. The summed E-state index contributed by atoms with van der Waals surface area (Å²) in [6.07, 6.45) is 6.04. The van der Waals surface area contributed by atoms with E-state index in [-0.39, 0.29) is 0 Å². The highest BCUT2D eigenvalue weighted by molar-refractivity contribution is 7.18. The van der Waals surface area contributed by atoms with Crippen molar-refractivity contribution >= 4 is 16.3 Å². The van der Waals surface area contributed by atoms with Crippen LogP contribution in [0.5, 0.6) is 0 Å². The van der Waals surface area contributed by atoms with Gasteiger partial charge in [0.25, 0.3) is 0 Å². The highest BCUT2D eigenvalue weighted by Crippen LogP contribution is 2.32. The van der Waals surface area contributed by atoms with Crippen molar-refractivity contribution in [3.05, 3.63) is 36.0 Å². The quantitative estimate of drug-likeness (QED) is 0.806. The first-order valence-electron chi connectivity index (χ1n) is 6.61. The summed E-state index contributed by atoms with van der Waals surface area (Å²) in [6.45, 7) is 4.50. The molecule has 0 amide bonds. The van der Waals surface area contributed by atoms with Gasteiger partial charge in [-0.05, 0) is 26.2 Å². The summed E-state index contributed by atoms with van der Waals surface area (Å²) in [6, 6.07) is 8.62. The molecule has 0 radical (unpaired) electrons. The molecule has 1 fully saturated rings. The molecule has 1 aliphatic rings. The Morgan fingerprint density at radius 3 is 2.50 bits per heavy atom. The van der Waals surface area contributed by atoms with Crippen LogP contribution in [0, 0.1) is 6.92 Å². The van der Waals surface area contributed by atoms with Crippen molar-refractivity contribution in [3.63, 3.8) is 0 Å². The Kier molecular flexibility index (Phi) is 3.33. The summed E-state index contributed by atoms with van der Waals surface area (Å²) in [4.78, 5) is 7.04. The van der Waals surface area contributed by atoms with E-state index in [1.807, 2.05) is 17.5 Å². The van der Waals surface area contributed by atoms with Gasteiger partial charge in [0.2, 0.25) is 0 Å². The van der Waals surface area contributed by atoms with E-state index in [4.69, 9.17) is 0 Å². The van der Waals surface area contributed by atoms with Crippen molar-refractivity contribution in [3.8, 4) is 10.6 Å². The summed E-state index contributed by atoms with van der Waals surface area (Å²) in [5.41, 5.74) is 2.53. The predicted molar refractivity (Wildman–Crippen MR) is 78.4 cm³/mol. The van der Waals surface area contributed by atoms with Gasteiger partial charge in [0, 0.05) is 18.7 Å². The Balaban J connectivity index is 1.82. The van der Waals surface area contributed by atoms with Crippen molar-refractivity contribution in [1.29, 1.82) is 0 Å². The number of nitrogens with zero attached hydrogens (tertiary/aromatic N) is 2. The number of anilines is 1. The van der Waals surface area contributed by atoms with Gasteiger partial charge in [-0.2, -0.15) is 0 Å². The van der Waals surface area contributed by atoms with Crippen molar-refractivity contribution < 1.29 is 0 Å². The number of piperidine rings is 1. The third-order valence-corrected chi connectivity index (χ3v) is 4.57. The smallest absolute Gasteiger partial charge is 0.125 e. The molecule has 3 heteroatoms. The van der Waals surface area contributed by atoms with E-state index in [1.54, 1.807) is 0 Å². The predicted octanol–water partition coefficient (Wildman–Crippen LogP) is 4.11. The first-order chi connectivity index (χ1) is 8.83. The summed E-state index contributed by atoms with van der Waals surface area (Å²) in [5, 5.41) is 2.46. The molecule has 2 nitrogen and oxygen atoms in total. The van der Waals surface area contributed by atoms with Crippen LogP contribution >= 0.6 is 11.3 Å². The molecule has 1 aromatic heterocycles. The molecule has 0 spiro atoms. The van der Waals surface area contributed by atoms with Crippen LogP contribution < -0.4 is 4.90 Å². The van der Waals surface area contributed by atoms with Gasteiger partial charge in [-0.15, -0.1) is 0 Å². The van der Waals surface area contributed by atoms with Gasteiger partial charge in [0.05, 0.1) is 6.20 Å². The summed E-state index contributed by atoms with van der Waals surface area (Å²) < 4.78 is 0. The molecule has 94 valence electrons. The van der Waals surface area contributed by atoms with E-state index in [0.717, 1.165) is 5.01 Å². The normalized spacial score (nSPS) is 15.9. The maximum absolute atomic E-state index is 4.57. The van der Waals surface area contributed by atoms with Crippen LogP contribution in [0.15, 0.2) is 30.5 Å². The molecule has 18 heavy (non-hydrogen) atoms. The minimum atomic E-state index is 1.13. The molecular formula is C15H18N2S. The SMILES string of the molecule is Cc1ccc(-c2ncc(N3CCCCC3)s2)cc1. The Bertz CT molecular complexity index is 510. The largest absolute Gasteiger partial charge is 0.362 e. The molecular weight excluding hydrogens is 240 g/mol. The monoisotopic (exact) mass is 258 g/mol. The Morgan fingerprint density at radius 2 is 1.78 bits per heavy atom. The van der Waals surface area contributed by atoms with E-state index < -0.39 is 0 Å². The lowest BCUT2D eigenvalue weighted by Gasteiger charge is -2.26. The minimum Gasteiger partial charge on any atom is -0.362 e. The zero-order valence-corrected chi connectivity index (χ0v) is 11.5. The Labute approximate surface area is 112 Å². The number of thiazole rings is 1. The second kappa shape index (κ2) is 5.11. The molecule has 0 atom stereocenters. The van der Waals surface area contributed by atoms with E-state index in [9.17, 15) is 0 Å². The Hall–Kier alpha value is -1.35. The topological polar surface area (TPSA) is 16.1 Å². The molecule has 1 aliphatic heterocycles. The molecule has 0 bridgehead atoms. The molecule has 1 saturated heterocycles. The van der Waals surface area contributed by atoms with E-state index in [1.165, 1.54) is 48.5 Å². The van der Waals surface area contributed by atoms with E-state index >= 15 is 0 Å². The fraction of sp³-hybridized carbons (Fsp3) is 0.400. The van der Waals surface area contributed by atoms with Crippen molar-refractivity contribution in [2.45, 2.75) is 26.2 Å². The molecule has 3 rings (SSSR count). The minimum absolute atomic E-state index is 1.13. The summed E-state index contributed by atoms with van der Waals surface area (Å²) in [5.74, 6) is 0. The average molecular weight is 258 g/mol. The maximum Gasteiger partial charge on any atom is 0.125 e. The van der Waals surface area contributed by atoms with Gasteiger partial charge in [-0.1, -0.05) is 41.2 Å². The summed E-state index contributed by atoms with van der Waals surface area (Å²) in [7, 11) is 0. The lowest BCUT2D eigenvalue weighted by Crippen LogP contribution is -2.28. The second-order valence-electron chi connectivity index (χ2n) is 4.92. The van der Waals surface area contributed by atoms with Gasteiger partial charge in [-0.25, -0.2) is 4.98 Å². The van der Waals surface area contributed by atoms with Gasteiger partial charge in [0.15, 0.2) is 0 Å². The van der Waals surface area contributed by atoms with Crippen molar-refractivity contribution in [2.24, 2.45) is 0 Å². The zero-order chi connectivity index (χ0) is 12.4. The van der Waals surface area contributed by atoms with Gasteiger partial charge in [0.1, 0.15) is 10.0 Å². The van der Waals surface area contributed by atoms with Crippen LogP contribution in [0.2, 0.25) is 0 Å². The molecule has 0 aliphatic carbocycles. The van der Waals surface area contributed by atoms with Crippen molar-refractivity contribution in [1.82, 2.24) is 4.98 Å². The molecule has 0 N–H and O–H groups in total. The fourth-order valence-corrected chi connectivity index (χ4v) is 3.33. The highest BCUT2D eigenvalue weighted by atomic mass is 32.1. The zero-order valence-electron chi connectivity index (χ0n) is 10.7. The number of rotatable bonds is 2. The van der Waals surface area contributed by atoms with Crippen LogP contribution in [-0.4, -0.2) is 18.1 Å². The third-order valence-electron chi connectivity index (χ3n) is 3.46. The molecule has 2 aromatic rings. The van der Waals surface area contributed by atoms with E-state index in [2.05, 4.69) is 41.1 Å².